The van der Waals surface area contributed by atoms with Gasteiger partial charge >= 0.3 is 0 Å². The molecule has 1 amide bonds. The van der Waals surface area contributed by atoms with Crippen LogP contribution in [-0.4, -0.2) is 10.5 Å². The average molecular weight is 384 g/mol. The molecule has 0 unspecified atom stereocenters. The topological polar surface area (TPSA) is 51.1 Å². The first-order valence-electron chi connectivity index (χ1n) is 9.96. The van der Waals surface area contributed by atoms with E-state index in [0.717, 1.165) is 32.9 Å². The van der Waals surface area contributed by atoms with Crippen LogP contribution in [0.3, 0.4) is 0 Å². The number of para-hydroxylation sites is 1. The lowest BCUT2D eigenvalue weighted by Crippen LogP contribution is -2.23. The van der Waals surface area contributed by atoms with E-state index in [0.29, 0.717) is 25.9 Å². The molecular formula is C25H24N2O2. The maximum Gasteiger partial charge on any atom is 0.220 e. The molecular weight excluding hydrogens is 360 g/mol. The van der Waals surface area contributed by atoms with Gasteiger partial charge in [-0.3, -0.25) is 9.59 Å². The number of rotatable bonds is 6. The molecule has 4 nitrogen and oxygen atoms in total. The highest BCUT2D eigenvalue weighted by Crippen LogP contribution is 2.21. The van der Waals surface area contributed by atoms with Crippen LogP contribution in [0.4, 0.5) is 0 Å². The number of aromatic nitrogens is 1. The summed E-state index contributed by atoms with van der Waals surface area (Å²) in [5.74, 6) is 0.0411. The monoisotopic (exact) mass is 384 g/mol. The molecule has 4 rings (SSSR count). The second-order valence-corrected chi connectivity index (χ2v) is 7.38. The summed E-state index contributed by atoms with van der Waals surface area (Å²) in [6.45, 7) is 3.22. The third-order valence-corrected chi connectivity index (χ3v) is 5.25. The zero-order valence-corrected chi connectivity index (χ0v) is 16.5. The van der Waals surface area contributed by atoms with Gasteiger partial charge in [0.05, 0.1) is 11.0 Å². The van der Waals surface area contributed by atoms with Crippen molar-refractivity contribution in [3.63, 3.8) is 0 Å². The molecule has 1 N–H and O–H groups in total. The van der Waals surface area contributed by atoms with E-state index in [1.165, 1.54) is 0 Å². The van der Waals surface area contributed by atoms with Gasteiger partial charge in [0.2, 0.25) is 5.91 Å². The van der Waals surface area contributed by atoms with Gasteiger partial charge in [-0.15, -0.1) is 0 Å². The Bertz CT molecular complexity index is 1230. The molecule has 4 aromatic rings. The van der Waals surface area contributed by atoms with E-state index in [1.807, 2.05) is 79.7 Å². The van der Waals surface area contributed by atoms with Crippen LogP contribution in [-0.2, 0) is 17.9 Å². The van der Waals surface area contributed by atoms with Crippen molar-refractivity contribution in [2.75, 3.05) is 0 Å². The van der Waals surface area contributed by atoms with Crippen LogP contribution in [0.5, 0.6) is 0 Å². The smallest absolute Gasteiger partial charge is 0.220 e. The number of benzene rings is 3. The zero-order chi connectivity index (χ0) is 20.2. The Morgan fingerprint density at radius 1 is 0.897 bits per heavy atom. The quantitative estimate of drug-likeness (QED) is 0.496. The SMILES string of the molecule is Cc1ccc2c(c1)c(=O)c1ccccc1n2CCCC(=O)NCc1ccccc1. The van der Waals surface area contributed by atoms with Crippen molar-refractivity contribution in [1.29, 1.82) is 0 Å². The third kappa shape index (κ3) is 4.06. The molecule has 0 saturated heterocycles. The normalized spacial score (nSPS) is 11.1. The Kier molecular flexibility index (Phi) is 5.43. The minimum Gasteiger partial charge on any atom is -0.352 e. The predicted octanol–water partition coefficient (Wildman–Crippen LogP) is 4.56. The number of carbonyl (C=O) groups is 1. The maximum atomic E-state index is 12.9. The number of hydrogen-bond acceptors (Lipinski definition) is 2. The number of fused-ring (bicyclic) bond motifs is 2. The third-order valence-electron chi connectivity index (χ3n) is 5.25. The van der Waals surface area contributed by atoms with Crippen molar-refractivity contribution >= 4 is 27.7 Å². The first-order valence-corrected chi connectivity index (χ1v) is 9.96. The molecule has 0 aliphatic carbocycles. The fraction of sp³-hybridized carbons (Fsp3) is 0.200. The van der Waals surface area contributed by atoms with Gasteiger partial charge in [0, 0.05) is 30.3 Å². The fourth-order valence-corrected chi connectivity index (χ4v) is 3.77. The summed E-state index contributed by atoms with van der Waals surface area (Å²) in [5.41, 5.74) is 4.06. The van der Waals surface area contributed by atoms with Crippen LogP contribution in [0, 0.1) is 6.92 Å². The molecule has 1 aromatic heterocycles. The maximum absolute atomic E-state index is 12.9. The first kappa shape index (κ1) is 18.9. The van der Waals surface area contributed by atoms with Gasteiger partial charge in [-0.1, -0.05) is 54.1 Å². The average Bonchev–Trinajstić information content (AvgIpc) is 2.75. The molecule has 0 fully saturated rings. The minimum absolute atomic E-state index is 0.0411. The highest BCUT2D eigenvalue weighted by atomic mass is 16.1. The number of carbonyl (C=O) groups excluding carboxylic acids is 1. The second kappa shape index (κ2) is 8.31. The summed E-state index contributed by atoms with van der Waals surface area (Å²) < 4.78 is 2.16. The molecule has 0 radical (unpaired) electrons. The van der Waals surface area contributed by atoms with Crippen LogP contribution in [0.1, 0.15) is 24.0 Å². The summed E-state index contributed by atoms with van der Waals surface area (Å²) in [4.78, 5) is 25.2. The van der Waals surface area contributed by atoms with Crippen molar-refractivity contribution in [3.8, 4) is 0 Å². The molecule has 0 spiro atoms. The van der Waals surface area contributed by atoms with Crippen molar-refractivity contribution < 1.29 is 4.79 Å². The van der Waals surface area contributed by atoms with Crippen LogP contribution < -0.4 is 10.7 Å². The van der Waals surface area contributed by atoms with Gasteiger partial charge < -0.3 is 9.88 Å². The van der Waals surface area contributed by atoms with Gasteiger partial charge in [-0.2, -0.15) is 0 Å². The van der Waals surface area contributed by atoms with E-state index in [9.17, 15) is 9.59 Å². The molecule has 3 aromatic carbocycles. The standard InChI is InChI=1S/C25H24N2O2/c1-18-13-14-23-21(16-18)25(29)20-10-5-6-11-22(20)27(23)15-7-12-24(28)26-17-19-8-3-2-4-9-19/h2-6,8-11,13-14,16H,7,12,15,17H2,1H3,(H,26,28). The molecule has 0 bridgehead atoms. The van der Waals surface area contributed by atoms with E-state index in [-0.39, 0.29) is 11.3 Å². The molecule has 0 aliphatic rings. The first-order chi connectivity index (χ1) is 14.1. The van der Waals surface area contributed by atoms with Crippen molar-refractivity contribution in [2.24, 2.45) is 0 Å². The Hall–Kier alpha value is -3.40. The second-order valence-electron chi connectivity index (χ2n) is 7.38. The lowest BCUT2D eigenvalue weighted by Gasteiger charge is -2.15. The molecule has 146 valence electrons. The predicted molar refractivity (Wildman–Crippen MR) is 118 cm³/mol. The summed E-state index contributed by atoms with van der Waals surface area (Å²) in [7, 11) is 0. The zero-order valence-electron chi connectivity index (χ0n) is 16.5. The number of amides is 1. The van der Waals surface area contributed by atoms with Gasteiger partial charge in [-0.05, 0) is 43.2 Å². The highest BCUT2D eigenvalue weighted by molar-refractivity contribution is 5.93. The fourth-order valence-electron chi connectivity index (χ4n) is 3.77. The van der Waals surface area contributed by atoms with Crippen LogP contribution in [0.2, 0.25) is 0 Å². The molecule has 29 heavy (non-hydrogen) atoms. The van der Waals surface area contributed by atoms with Gasteiger partial charge in [-0.25, -0.2) is 0 Å². The van der Waals surface area contributed by atoms with E-state index >= 15 is 0 Å². The number of aryl methyl sites for hydroxylation is 2. The Balaban J connectivity index is 1.53. The number of hydrogen-bond donors (Lipinski definition) is 1. The van der Waals surface area contributed by atoms with Crippen LogP contribution in [0.15, 0.2) is 77.6 Å². The van der Waals surface area contributed by atoms with Gasteiger partial charge in [0.1, 0.15) is 0 Å². The van der Waals surface area contributed by atoms with E-state index < -0.39 is 0 Å². The lowest BCUT2D eigenvalue weighted by atomic mass is 10.1. The number of nitrogens with zero attached hydrogens (tertiary/aromatic N) is 1. The molecule has 1 heterocycles. The summed E-state index contributed by atoms with van der Waals surface area (Å²) in [6.07, 6.45) is 1.15. The molecule has 0 saturated carbocycles. The molecule has 0 aliphatic heterocycles. The number of nitrogens with one attached hydrogen (secondary N) is 1. The largest absolute Gasteiger partial charge is 0.352 e. The Morgan fingerprint density at radius 2 is 1.62 bits per heavy atom. The lowest BCUT2D eigenvalue weighted by molar-refractivity contribution is -0.121. The Labute approximate surface area is 169 Å². The van der Waals surface area contributed by atoms with Crippen LogP contribution in [0.25, 0.3) is 21.8 Å². The summed E-state index contributed by atoms with van der Waals surface area (Å²) >= 11 is 0. The van der Waals surface area contributed by atoms with Crippen LogP contribution >= 0.6 is 0 Å². The van der Waals surface area contributed by atoms with Gasteiger partial charge in [0.15, 0.2) is 5.43 Å². The van der Waals surface area contributed by atoms with E-state index in [1.54, 1.807) is 0 Å². The summed E-state index contributed by atoms with van der Waals surface area (Å²) in [6, 6.07) is 23.6. The van der Waals surface area contributed by atoms with Gasteiger partial charge in [0.25, 0.3) is 0 Å². The molecule has 0 atom stereocenters. The van der Waals surface area contributed by atoms with E-state index in [2.05, 4.69) is 9.88 Å². The highest BCUT2D eigenvalue weighted by Gasteiger charge is 2.11. The molecule has 4 heteroatoms. The number of pyridine rings is 1. The minimum atomic E-state index is 0.0411. The van der Waals surface area contributed by atoms with Crippen molar-refractivity contribution in [2.45, 2.75) is 32.9 Å². The van der Waals surface area contributed by atoms with Crippen molar-refractivity contribution in [3.05, 3.63) is 94.1 Å². The van der Waals surface area contributed by atoms with Crippen molar-refractivity contribution in [1.82, 2.24) is 9.88 Å². The Morgan fingerprint density at radius 3 is 2.45 bits per heavy atom. The summed E-state index contributed by atoms with van der Waals surface area (Å²) in [5, 5.41) is 4.43. The van der Waals surface area contributed by atoms with E-state index in [4.69, 9.17) is 0 Å².